The van der Waals surface area contributed by atoms with E-state index in [1.54, 1.807) is 0 Å². The molecule has 5 rings (SSSR count). The zero-order valence-electron chi connectivity index (χ0n) is 21.9. The standard InChI is InChI=1S/C30H39N3O3.HI/c1-36-29(34)14-9-23-7-11-27(12-8-23)32-19-20-33(30(32)35)28-13-10-25-15-17-31(18-16-26(25)21-28)22-24-5-3-2-4-6-24;/h2-6,10,13,21,23,27H,7-9,11-12,14-20,22H2,1H3;1H/t23-,27-;. The summed E-state index contributed by atoms with van der Waals surface area (Å²) in [6.07, 6.45) is 7.73. The molecule has 2 aromatic rings. The molecule has 0 N–H and O–H groups in total. The van der Waals surface area contributed by atoms with Gasteiger partial charge in [-0.3, -0.25) is 14.6 Å². The number of anilines is 1. The molecule has 2 heterocycles. The Hall–Kier alpha value is -2.13. The Morgan fingerprint density at radius 2 is 1.65 bits per heavy atom. The summed E-state index contributed by atoms with van der Waals surface area (Å²) < 4.78 is 4.78. The maximum Gasteiger partial charge on any atom is 0.324 e. The van der Waals surface area contributed by atoms with Gasteiger partial charge in [-0.2, -0.15) is 0 Å². The zero-order valence-corrected chi connectivity index (χ0v) is 24.3. The van der Waals surface area contributed by atoms with Crippen molar-refractivity contribution in [3.05, 3.63) is 65.2 Å². The van der Waals surface area contributed by atoms with Crippen molar-refractivity contribution in [2.45, 2.75) is 64.0 Å². The summed E-state index contributed by atoms with van der Waals surface area (Å²) in [5.74, 6) is 0.451. The Kier molecular flexibility index (Phi) is 9.87. The Morgan fingerprint density at radius 1 is 0.919 bits per heavy atom. The van der Waals surface area contributed by atoms with Gasteiger partial charge in [-0.05, 0) is 79.7 Å². The number of ether oxygens (including phenoxy) is 1. The average molecular weight is 618 g/mol. The minimum Gasteiger partial charge on any atom is -0.469 e. The molecule has 1 aliphatic carbocycles. The molecule has 0 aromatic heterocycles. The summed E-state index contributed by atoms with van der Waals surface area (Å²) in [6.45, 7) is 4.68. The van der Waals surface area contributed by atoms with Crippen molar-refractivity contribution in [3.8, 4) is 0 Å². The van der Waals surface area contributed by atoms with Crippen LogP contribution >= 0.6 is 24.0 Å². The highest BCUT2D eigenvalue weighted by Gasteiger charge is 2.36. The van der Waals surface area contributed by atoms with E-state index in [0.29, 0.717) is 18.4 Å². The number of benzene rings is 2. The van der Waals surface area contributed by atoms with E-state index in [1.165, 1.54) is 23.8 Å². The first-order valence-electron chi connectivity index (χ1n) is 13.6. The van der Waals surface area contributed by atoms with Crippen molar-refractivity contribution in [1.29, 1.82) is 0 Å². The smallest absolute Gasteiger partial charge is 0.324 e. The minimum atomic E-state index is -0.118. The van der Waals surface area contributed by atoms with Crippen LogP contribution in [0.15, 0.2) is 48.5 Å². The second-order valence-corrected chi connectivity index (χ2v) is 10.6. The van der Waals surface area contributed by atoms with Crippen molar-refractivity contribution < 1.29 is 14.3 Å². The highest BCUT2D eigenvalue weighted by molar-refractivity contribution is 14.0. The summed E-state index contributed by atoms with van der Waals surface area (Å²) in [7, 11) is 1.45. The molecule has 2 amide bonds. The summed E-state index contributed by atoms with van der Waals surface area (Å²) >= 11 is 0. The number of hydrogen-bond acceptors (Lipinski definition) is 4. The fourth-order valence-corrected chi connectivity index (χ4v) is 6.23. The van der Waals surface area contributed by atoms with Gasteiger partial charge < -0.3 is 9.64 Å². The van der Waals surface area contributed by atoms with Gasteiger partial charge in [0, 0.05) is 50.9 Å². The van der Waals surface area contributed by atoms with Gasteiger partial charge in [0.05, 0.1) is 7.11 Å². The van der Waals surface area contributed by atoms with Crippen LogP contribution in [0.4, 0.5) is 10.5 Å². The van der Waals surface area contributed by atoms with Gasteiger partial charge in [0.25, 0.3) is 0 Å². The van der Waals surface area contributed by atoms with Crippen LogP contribution in [0.3, 0.4) is 0 Å². The third kappa shape index (κ3) is 6.85. The molecule has 37 heavy (non-hydrogen) atoms. The quantitative estimate of drug-likeness (QED) is 0.298. The molecule has 1 saturated heterocycles. The summed E-state index contributed by atoms with van der Waals surface area (Å²) in [4.78, 5) is 31.5. The van der Waals surface area contributed by atoms with Crippen molar-refractivity contribution in [2.24, 2.45) is 5.92 Å². The van der Waals surface area contributed by atoms with Crippen LogP contribution in [-0.4, -0.2) is 61.1 Å². The number of urea groups is 1. The molecule has 6 nitrogen and oxygen atoms in total. The molecule has 0 radical (unpaired) electrons. The molecule has 0 atom stereocenters. The molecule has 3 aliphatic rings. The third-order valence-corrected chi connectivity index (χ3v) is 8.43. The van der Waals surface area contributed by atoms with Crippen molar-refractivity contribution in [2.75, 3.05) is 38.2 Å². The average Bonchev–Trinajstić information content (AvgIpc) is 3.19. The fourth-order valence-electron chi connectivity index (χ4n) is 6.23. The second-order valence-electron chi connectivity index (χ2n) is 10.6. The first-order valence-corrected chi connectivity index (χ1v) is 13.6. The second kappa shape index (κ2) is 13.1. The van der Waals surface area contributed by atoms with Crippen molar-refractivity contribution in [3.63, 3.8) is 0 Å². The van der Waals surface area contributed by atoms with E-state index in [4.69, 9.17) is 4.74 Å². The highest BCUT2D eigenvalue weighted by atomic mass is 127. The fraction of sp³-hybridized carbons (Fsp3) is 0.533. The lowest BCUT2D eigenvalue weighted by Crippen LogP contribution is -2.41. The first kappa shape index (κ1) is 27.9. The van der Waals surface area contributed by atoms with Crippen molar-refractivity contribution in [1.82, 2.24) is 9.80 Å². The van der Waals surface area contributed by atoms with Gasteiger partial charge in [-0.15, -0.1) is 24.0 Å². The summed E-state index contributed by atoms with van der Waals surface area (Å²) in [5, 5.41) is 0. The van der Waals surface area contributed by atoms with Crippen LogP contribution in [0.25, 0.3) is 0 Å². The number of carbonyl (C=O) groups is 2. The molecule has 2 fully saturated rings. The number of carbonyl (C=O) groups excluding carboxylic acids is 2. The lowest BCUT2D eigenvalue weighted by molar-refractivity contribution is -0.141. The molecule has 200 valence electrons. The molecule has 7 heteroatoms. The predicted octanol–water partition coefficient (Wildman–Crippen LogP) is 5.66. The number of rotatable bonds is 7. The molecule has 2 aliphatic heterocycles. The van der Waals surface area contributed by atoms with Crippen LogP contribution in [0.5, 0.6) is 0 Å². The maximum atomic E-state index is 13.4. The lowest BCUT2D eigenvalue weighted by atomic mass is 9.83. The molecule has 0 unspecified atom stereocenters. The topological polar surface area (TPSA) is 53.1 Å². The molecule has 0 bridgehead atoms. The van der Waals surface area contributed by atoms with E-state index in [2.05, 4.69) is 58.3 Å². The van der Waals surface area contributed by atoms with E-state index in [0.717, 1.165) is 83.4 Å². The summed E-state index contributed by atoms with van der Waals surface area (Å²) in [6, 6.07) is 17.9. The van der Waals surface area contributed by atoms with E-state index < -0.39 is 0 Å². The number of halogens is 1. The Balaban J connectivity index is 0.00000320. The number of fused-ring (bicyclic) bond motifs is 1. The normalized spacial score (nSPS) is 22.2. The monoisotopic (exact) mass is 617 g/mol. The Labute approximate surface area is 238 Å². The van der Waals surface area contributed by atoms with Gasteiger partial charge in [0.1, 0.15) is 0 Å². The highest BCUT2D eigenvalue weighted by Crippen LogP contribution is 2.34. The zero-order chi connectivity index (χ0) is 24.9. The number of hydrogen-bond donors (Lipinski definition) is 0. The van der Waals surface area contributed by atoms with Crippen LogP contribution in [-0.2, 0) is 28.9 Å². The molecule has 0 spiro atoms. The molecular weight excluding hydrogens is 577 g/mol. The van der Waals surface area contributed by atoms with Gasteiger partial charge in [-0.25, -0.2) is 4.79 Å². The van der Waals surface area contributed by atoms with Crippen LogP contribution < -0.4 is 4.90 Å². The number of amides is 2. The molecular formula is C30H40IN3O3. The van der Waals surface area contributed by atoms with Gasteiger partial charge in [0.2, 0.25) is 0 Å². The SMILES string of the molecule is COC(=O)CC[C@H]1CC[C@H](N2CCN(c3ccc4c(c3)CCN(Cc3ccccc3)CC4)C2=O)CC1.I. The first-order chi connectivity index (χ1) is 17.6. The van der Waals surface area contributed by atoms with Gasteiger partial charge >= 0.3 is 12.0 Å². The minimum absolute atomic E-state index is 0. The lowest BCUT2D eigenvalue weighted by Gasteiger charge is -2.34. The Morgan fingerprint density at radius 3 is 2.38 bits per heavy atom. The van der Waals surface area contributed by atoms with E-state index >= 15 is 0 Å². The Bertz CT molecular complexity index is 1060. The number of esters is 1. The third-order valence-electron chi connectivity index (χ3n) is 8.43. The molecule has 1 saturated carbocycles. The van der Waals surface area contributed by atoms with Crippen LogP contribution in [0, 0.1) is 5.92 Å². The maximum absolute atomic E-state index is 13.4. The van der Waals surface area contributed by atoms with E-state index in [1.807, 2.05) is 4.90 Å². The largest absolute Gasteiger partial charge is 0.469 e. The van der Waals surface area contributed by atoms with Crippen LogP contribution in [0.1, 0.15) is 55.2 Å². The van der Waals surface area contributed by atoms with Gasteiger partial charge in [-0.1, -0.05) is 36.4 Å². The number of methoxy groups -OCH3 is 1. The summed E-state index contributed by atoms with van der Waals surface area (Å²) in [5.41, 5.74) is 5.22. The molecule has 2 aromatic carbocycles. The van der Waals surface area contributed by atoms with Gasteiger partial charge in [0.15, 0.2) is 0 Å². The van der Waals surface area contributed by atoms with E-state index in [9.17, 15) is 9.59 Å². The van der Waals surface area contributed by atoms with Crippen molar-refractivity contribution >= 4 is 41.7 Å². The van der Waals surface area contributed by atoms with E-state index in [-0.39, 0.29) is 36.0 Å². The predicted molar refractivity (Wildman–Crippen MR) is 157 cm³/mol. The number of nitrogens with zero attached hydrogens (tertiary/aromatic N) is 3. The van der Waals surface area contributed by atoms with Crippen LogP contribution in [0.2, 0.25) is 0 Å².